The fourth-order valence-corrected chi connectivity index (χ4v) is 1.01. The molecule has 5 heteroatoms. The number of hydrogen-bond donors (Lipinski definition) is 2. The number of nitrogens with two attached hydrogens (primary N) is 1. The molecule has 0 aliphatic carbocycles. The molecule has 0 aromatic carbocycles. The van der Waals surface area contributed by atoms with Gasteiger partial charge < -0.3 is 20.5 Å². The van der Waals surface area contributed by atoms with Crippen molar-refractivity contribution in [1.82, 2.24) is 5.32 Å². The molecule has 90 valence electrons. The zero-order valence-electron chi connectivity index (χ0n) is 10.0. The van der Waals surface area contributed by atoms with Crippen LogP contribution in [0.4, 0.5) is 0 Å². The molecule has 15 heavy (non-hydrogen) atoms. The molecule has 1 atom stereocenters. The standard InChI is InChI=1S/C10H22N2O3/c1-8(5-14-4)12-9(13)6-15-7-10(2,3)11/h8H,5-7,11H2,1-4H3,(H,12,13). The van der Waals surface area contributed by atoms with Crippen molar-refractivity contribution in [3.05, 3.63) is 0 Å². The van der Waals surface area contributed by atoms with Crippen LogP contribution >= 0.6 is 0 Å². The third-order valence-corrected chi connectivity index (χ3v) is 1.53. The van der Waals surface area contributed by atoms with Crippen LogP contribution in [0.5, 0.6) is 0 Å². The molecule has 0 aliphatic heterocycles. The lowest BCUT2D eigenvalue weighted by Crippen LogP contribution is -2.41. The fourth-order valence-electron chi connectivity index (χ4n) is 1.01. The van der Waals surface area contributed by atoms with E-state index in [-0.39, 0.29) is 18.6 Å². The van der Waals surface area contributed by atoms with Gasteiger partial charge in [0.15, 0.2) is 0 Å². The van der Waals surface area contributed by atoms with Crippen molar-refractivity contribution in [2.75, 3.05) is 26.9 Å². The van der Waals surface area contributed by atoms with Crippen molar-refractivity contribution in [3.63, 3.8) is 0 Å². The highest BCUT2D eigenvalue weighted by molar-refractivity contribution is 5.77. The Labute approximate surface area is 91.3 Å². The zero-order chi connectivity index (χ0) is 11.9. The normalized spacial score (nSPS) is 13.7. The number of carbonyl (C=O) groups is 1. The molecule has 0 heterocycles. The largest absolute Gasteiger partial charge is 0.383 e. The fraction of sp³-hybridized carbons (Fsp3) is 0.900. The topological polar surface area (TPSA) is 73.6 Å². The maximum Gasteiger partial charge on any atom is 0.246 e. The quantitative estimate of drug-likeness (QED) is 0.625. The molecule has 0 aliphatic rings. The minimum Gasteiger partial charge on any atom is -0.383 e. The Morgan fingerprint density at radius 2 is 2.13 bits per heavy atom. The summed E-state index contributed by atoms with van der Waals surface area (Å²) in [5, 5.41) is 2.74. The first-order valence-electron chi connectivity index (χ1n) is 5.00. The monoisotopic (exact) mass is 218 g/mol. The van der Waals surface area contributed by atoms with Crippen molar-refractivity contribution < 1.29 is 14.3 Å². The lowest BCUT2D eigenvalue weighted by Gasteiger charge is -2.18. The van der Waals surface area contributed by atoms with Crippen LogP contribution in [0.1, 0.15) is 20.8 Å². The summed E-state index contributed by atoms with van der Waals surface area (Å²) in [4.78, 5) is 11.3. The number of hydrogen-bond acceptors (Lipinski definition) is 4. The molecule has 0 saturated heterocycles. The number of nitrogens with one attached hydrogen (secondary N) is 1. The number of amides is 1. The lowest BCUT2D eigenvalue weighted by atomic mass is 10.1. The summed E-state index contributed by atoms with van der Waals surface area (Å²) in [6.45, 7) is 6.45. The van der Waals surface area contributed by atoms with Crippen molar-refractivity contribution >= 4 is 5.91 Å². The van der Waals surface area contributed by atoms with Crippen molar-refractivity contribution in [3.8, 4) is 0 Å². The van der Waals surface area contributed by atoms with Gasteiger partial charge in [0.05, 0.1) is 13.2 Å². The van der Waals surface area contributed by atoms with E-state index in [0.29, 0.717) is 13.2 Å². The summed E-state index contributed by atoms with van der Waals surface area (Å²) < 4.78 is 10.0. The zero-order valence-corrected chi connectivity index (χ0v) is 10.0. The van der Waals surface area contributed by atoms with Crippen LogP contribution in [0.15, 0.2) is 0 Å². The molecule has 0 saturated carbocycles. The van der Waals surface area contributed by atoms with Gasteiger partial charge in [-0.05, 0) is 20.8 Å². The third-order valence-electron chi connectivity index (χ3n) is 1.53. The van der Waals surface area contributed by atoms with E-state index in [1.54, 1.807) is 7.11 Å². The SMILES string of the molecule is COCC(C)NC(=O)COCC(C)(C)N. The average Bonchev–Trinajstić information content (AvgIpc) is 2.01. The first-order chi connectivity index (χ1) is 6.85. The van der Waals surface area contributed by atoms with Crippen LogP contribution in [-0.2, 0) is 14.3 Å². The van der Waals surface area contributed by atoms with Crippen LogP contribution in [-0.4, -0.2) is 44.4 Å². The molecule has 0 bridgehead atoms. The van der Waals surface area contributed by atoms with Gasteiger partial charge >= 0.3 is 0 Å². The van der Waals surface area contributed by atoms with Crippen LogP contribution in [0.25, 0.3) is 0 Å². The van der Waals surface area contributed by atoms with Crippen molar-refractivity contribution in [1.29, 1.82) is 0 Å². The molecule has 0 aromatic heterocycles. The van der Waals surface area contributed by atoms with Crippen LogP contribution < -0.4 is 11.1 Å². The molecule has 5 nitrogen and oxygen atoms in total. The van der Waals surface area contributed by atoms with E-state index in [2.05, 4.69) is 5.32 Å². The lowest BCUT2D eigenvalue weighted by molar-refractivity contribution is -0.127. The number of rotatable bonds is 7. The van der Waals surface area contributed by atoms with Gasteiger partial charge in [-0.25, -0.2) is 0 Å². The number of ether oxygens (including phenoxy) is 2. The Hall–Kier alpha value is -0.650. The molecule has 0 rings (SSSR count). The molecule has 0 fully saturated rings. The summed E-state index contributed by atoms with van der Waals surface area (Å²) in [5.41, 5.74) is 5.29. The second-order valence-electron chi connectivity index (χ2n) is 4.41. The second-order valence-corrected chi connectivity index (χ2v) is 4.41. The summed E-state index contributed by atoms with van der Waals surface area (Å²) >= 11 is 0. The second kappa shape index (κ2) is 6.76. The molecule has 0 radical (unpaired) electrons. The summed E-state index contributed by atoms with van der Waals surface area (Å²) in [6.07, 6.45) is 0. The van der Waals surface area contributed by atoms with E-state index in [1.807, 2.05) is 20.8 Å². The van der Waals surface area contributed by atoms with E-state index in [0.717, 1.165) is 0 Å². The molecule has 0 aromatic rings. The molecule has 3 N–H and O–H groups in total. The highest BCUT2D eigenvalue weighted by atomic mass is 16.5. The van der Waals surface area contributed by atoms with E-state index >= 15 is 0 Å². The molecule has 1 amide bonds. The number of methoxy groups -OCH3 is 1. The predicted octanol–water partition coefficient (Wildman–Crippen LogP) is -0.109. The summed E-state index contributed by atoms with van der Waals surface area (Å²) in [6, 6.07) is -0.00279. The van der Waals surface area contributed by atoms with E-state index in [1.165, 1.54) is 0 Å². The Morgan fingerprint density at radius 1 is 1.53 bits per heavy atom. The van der Waals surface area contributed by atoms with E-state index < -0.39 is 5.54 Å². The predicted molar refractivity (Wildman–Crippen MR) is 58.6 cm³/mol. The Morgan fingerprint density at radius 3 is 2.60 bits per heavy atom. The first kappa shape index (κ1) is 14.3. The Balaban J connectivity index is 3.58. The molecule has 1 unspecified atom stereocenters. The number of carbonyl (C=O) groups excluding carboxylic acids is 1. The van der Waals surface area contributed by atoms with Crippen LogP contribution in [0.3, 0.4) is 0 Å². The van der Waals surface area contributed by atoms with E-state index in [4.69, 9.17) is 15.2 Å². The van der Waals surface area contributed by atoms with Gasteiger partial charge in [-0.15, -0.1) is 0 Å². The van der Waals surface area contributed by atoms with Gasteiger partial charge in [0.2, 0.25) is 5.91 Å². The van der Waals surface area contributed by atoms with Gasteiger partial charge in [-0.2, -0.15) is 0 Å². The third kappa shape index (κ3) is 9.65. The van der Waals surface area contributed by atoms with Crippen LogP contribution in [0, 0.1) is 0 Å². The van der Waals surface area contributed by atoms with Crippen molar-refractivity contribution in [2.45, 2.75) is 32.4 Å². The van der Waals surface area contributed by atoms with Crippen molar-refractivity contribution in [2.24, 2.45) is 5.73 Å². The highest BCUT2D eigenvalue weighted by Gasteiger charge is 2.12. The maximum atomic E-state index is 11.3. The Kier molecular flexibility index (Phi) is 6.47. The van der Waals surface area contributed by atoms with Gasteiger partial charge in [0, 0.05) is 18.7 Å². The van der Waals surface area contributed by atoms with Crippen LogP contribution in [0.2, 0.25) is 0 Å². The molecule has 0 spiro atoms. The maximum absolute atomic E-state index is 11.3. The highest BCUT2D eigenvalue weighted by Crippen LogP contribution is 1.96. The van der Waals surface area contributed by atoms with E-state index in [9.17, 15) is 4.79 Å². The average molecular weight is 218 g/mol. The molecular weight excluding hydrogens is 196 g/mol. The first-order valence-corrected chi connectivity index (χ1v) is 5.00. The van der Waals surface area contributed by atoms with Gasteiger partial charge in [0.1, 0.15) is 6.61 Å². The van der Waals surface area contributed by atoms with Gasteiger partial charge in [-0.3, -0.25) is 4.79 Å². The minimum absolute atomic E-state index is 0.00279. The summed E-state index contributed by atoms with van der Waals surface area (Å²) in [7, 11) is 1.59. The Bertz CT molecular complexity index is 190. The van der Waals surface area contributed by atoms with Gasteiger partial charge in [0.25, 0.3) is 0 Å². The minimum atomic E-state index is -0.404. The summed E-state index contributed by atoms with van der Waals surface area (Å²) in [5.74, 6) is -0.149. The van der Waals surface area contributed by atoms with Gasteiger partial charge in [-0.1, -0.05) is 0 Å². The smallest absolute Gasteiger partial charge is 0.246 e. The molecular formula is C10H22N2O3.